The van der Waals surface area contributed by atoms with Crippen molar-refractivity contribution >= 4 is 18.0 Å². The second kappa shape index (κ2) is 6.42. The molecule has 1 aliphatic heterocycles. The number of aliphatic hydroxyl groups is 1. The van der Waals surface area contributed by atoms with E-state index in [1.807, 2.05) is 13.8 Å². The average Bonchev–Trinajstić information content (AvgIpc) is 2.42. The summed E-state index contributed by atoms with van der Waals surface area (Å²) in [4.78, 5) is 23.9. The zero-order valence-electron chi connectivity index (χ0n) is 13.6. The van der Waals surface area contributed by atoms with E-state index in [0.717, 1.165) is 0 Å². The van der Waals surface area contributed by atoms with Crippen LogP contribution in [0.3, 0.4) is 0 Å². The van der Waals surface area contributed by atoms with Crippen molar-refractivity contribution in [2.45, 2.75) is 46.2 Å². The summed E-state index contributed by atoms with van der Waals surface area (Å²) < 4.78 is 15.7. The van der Waals surface area contributed by atoms with Gasteiger partial charge in [0.15, 0.2) is 0 Å². The van der Waals surface area contributed by atoms with Gasteiger partial charge in [0, 0.05) is 19.4 Å². The Labute approximate surface area is 134 Å². The van der Waals surface area contributed by atoms with Crippen LogP contribution in [0.25, 0.3) is 6.08 Å². The highest BCUT2D eigenvalue weighted by atomic mass is 16.7. The van der Waals surface area contributed by atoms with Gasteiger partial charge in [-0.05, 0) is 37.6 Å². The zero-order valence-corrected chi connectivity index (χ0v) is 13.6. The number of benzene rings is 1. The average molecular weight is 320 g/mol. The summed E-state index contributed by atoms with van der Waals surface area (Å²) in [6, 6.07) is 5.01. The number of hydrogen-bond donors (Lipinski definition) is 1. The maximum Gasteiger partial charge on any atom is 0.348 e. The van der Waals surface area contributed by atoms with E-state index in [2.05, 4.69) is 0 Å². The maximum absolute atomic E-state index is 11.9. The van der Waals surface area contributed by atoms with Crippen LogP contribution in [0, 0.1) is 0 Å². The number of rotatable bonds is 4. The van der Waals surface area contributed by atoms with E-state index in [-0.39, 0.29) is 18.3 Å². The molecular weight excluding hydrogens is 300 g/mol. The Hall–Kier alpha value is -2.34. The second-order valence-corrected chi connectivity index (χ2v) is 5.93. The molecule has 0 spiro atoms. The first-order valence-corrected chi connectivity index (χ1v) is 7.30. The van der Waals surface area contributed by atoms with Crippen LogP contribution in [0.15, 0.2) is 23.8 Å². The standard InChI is InChI=1S/C17H20O6/c1-10(2)21-14-6-5-11(7-12(14)9-18)8-13-15(19)22-17(3,4)23-16(13)20/h5-8,10,18H,9H2,1-4H3. The molecule has 1 N–H and O–H groups in total. The van der Waals surface area contributed by atoms with E-state index in [1.54, 1.807) is 18.2 Å². The molecule has 1 aliphatic rings. The number of cyclic esters (lactones) is 2. The fraction of sp³-hybridized carbons (Fsp3) is 0.412. The molecule has 1 saturated heterocycles. The molecule has 124 valence electrons. The minimum absolute atomic E-state index is 0.0324. The van der Waals surface area contributed by atoms with Crippen LogP contribution in [0.2, 0.25) is 0 Å². The molecular formula is C17H20O6. The summed E-state index contributed by atoms with van der Waals surface area (Å²) in [5, 5.41) is 9.45. The third kappa shape index (κ3) is 4.10. The van der Waals surface area contributed by atoms with E-state index >= 15 is 0 Å². The number of hydrogen-bond acceptors (Lipinski definition) is 6. The van der Waals surface area contributed by atoms with Gasteiger partial charge < -0.3 is 19.3 Å². The van der Waals surface area contributed by atoms with Crippen molar-refractivity contribution in [2.24, 2.45) is 0 Å². The Morgan fingerprint density at radius 3 is 2.35 bits per heavy atom. The van der Waals surface area contributed by atoms with Gasteiger partial charge in [-0.15, -0.1) is 0 Å². The normalized spacial score (nSPS) is 16.9. The summed E-state index contributed by atoms with van der Waals surface area (Å²) in [6.45, 7) is 6.52. The molecule has 1 aromatic rings. The first kappa shape index (κ1) is 17.0. The molecule has 23 heavy (non-hydrogen) atoms. The third-order valence-corrected chi connectivity index (χ3v) is 3.05. The first-order chi connectivity index (χ1) is 10.7. The molecule has 1 heterocycles. The highest BCUT2D eigenvalue weighted by Crippen LogP contribution is 2.26. The SMILES string of the molecule is CC(C)Oc1ccc(C=C2C(=O)OC(C)(C)OC2=O)cc1CO. The molecule has 6 heteroatoms. The van der Waals surface area contributed by atoms with Crippen molar-refractivity contribution in [3.05, 3.63) is 34.9 Å². The molecule has 1 fully saturated rings. The number of ether oxygens (including phenoxy) is 3. The number of esters is 2. The number of carbonyl (C=O) groups excluding carboxylic acids is 2. The topological polar surface area (TPSA) is 82.1 Å². The highest BCUT2D eigenvalue weighted by molar-refractivity contribution is 6.18. The molecule has 0 aromatic heterocycles. The zero-order chi connectivity index (χ0) is 17.2. The van der Waals surface area contributed by atoms with E-state index < -0.39 is 17.7 Å². The van der Waals surface area contributed by atoms with Crippen LogP contribution in [0.5, 0.6) is 5.75 Å². The lowest BCUT2D eigenvalue weighted by Crippen LogP contribution is -2.41. The van der Waals surface area contributed by atoms with E-state index in [0.29, 0.717) is 16.9 Å². The van der Waals surface area contributed by atoms with Gasteiger partial charge in [0.05, 0.1) is 12.7 Å². The van der Waals surface area contributed by atoms with Gasteiger partial charge in [0.2, 0.25) is 0 Å². The summed E-state index contributed by atoms with van der Waals surface area (Å²) in [5.74, 6) is -2.19. The molecule has 0 saturated carbocycles. The second-order valence-electron chi connectivity index (χ2n) is 5.93. The van der Waals surface area contributed by atoms with Crippen molar-refractivity contribution in [1.82, 2.24) is 0 Å². The Bertz CT molecular complexity index is 635. The molecule has 6 nitrogen and oxygen atoms in total. The van der Waals surface area contributed by atoms with Gasteiger partial charge in [-0.1, -0.05) is 6.07 Å². The Balaban J connectivity index is 2.32. The summed E-state index contributed by atoms with van der Waals surface area (Å²) in [5.41, 5.74) is 0.936. The fourth-order valence-corrected chi connectivity index (χ4v) is 2.13. The molecule has 0 bridgehead atoms. The van der Waals surface area contributed by atoms with Gasteiger partial charge in [0.25, 0.3) is 5.79 Å². The van der Waals surface area contributed by atoms with Gasteiger partial charge in [-0.2, -0.15) is 0 Å². The van der Waals surface area contributed by atoms with Gasteiger partial charge >= 0.3 is 11.9 Å². The van der Waals surface area contributed by atoms with Crippen LogP contribution in [-0.2, 0) is 25.7 Å². The monoisotopic (exact) mass is 320 g/mol. The molecule has 0 atom stereocenters. The quantitative estimate of drug-likeness (QED) is 0.520. The van der Waals surface area contributed by atoms with Crippen molar-refractivity contribution in [3.63, 3.8) is 0 Å². The Morgan fingerprint density at radius 2 is 1.83 bits per heavy atom. The summed E-state index contributed by atoms with van der Waals surface area (Å²) in [6.07, 6.45) is 1.34. The highest BCUT2D eigenvalue weighted by Gasteiger charge is 2.38. The lowest BCUT2D eigenvalue weighted by molar-refractivity contribution is -0.222. The number of carbonyl (C=O) groups is 2. The first-order valence-electron chi connectivity index (χ1n) is 7.30. The van der Waals surface area contributed by atoms with Crippen LogP contribution >= 0.6 is 0 Å². The lowest BCUT2D eigenvalue weighted by Gasteiger charge is -2.29. The molecule has 0 radical (unpaired) electrons. The van der Waals surface area contributed by atoms with Crippen molar-refractivity contribution in [1.29, 1.82) is 0 Å². The van der Waals surface area contributed by atoms with E-state index in [9.17, 15) is 14.7 Å². The number of aliphatic hydroxyl groups excluding tert-OH is 1. The van der Waals surface area contributed by atoms with Gasteiger partial charge in [-0.25, -0.2) is 9.59 Å². The van der Waals surface area contributed by atoms with Gasteiger partial charge in [0.1, 0.15) is 11.3 Å². The van der Waals surface area contributed by atoms with Crippen LogP contribution in [-0.4, -0.2) is 28.9 Å². The summed E-state index contributed by atoms with van der Waals surface area (Å²) in [7, 11) is 0. The Morgan fingerprint density at radius 1 is 1.22 bits per heavy atom. The minimum atomic E-state index is -1.27. The fourth-order valence-electron chi connectivity index (χ4n) is 2.13. The predicted molar refractivity (Wildman–Crippen MR) is 82.4 cm³/mol. The molecule has 0 amide bonds. The van der Waals surface area contributed by atoms with Crippen molar-refractivity contribution in [2.75, 3.05) is 0 Å². The Kier molecular flexibility index (Phi) is 4.75. The summed E-state index contributed by atoms with van der Waals surface area (Å²) >= 11 is 0. The van der Waals surface area contributed by atoms with Crippen molar-refractivity contribution < 1.29 is 28.9 Å². The lowest BCUT2D eigenvalue weighted by atomic mass is 10.1. The van der Waals surface area contributed by atoms with E-state index in [4.69, 9.17) is 14.2 Å². The van der Waals surface area contributed by atoms with Crippen LogP contribution < -0.4 is 4.74 Å². The maximum atomic E-state index is 11.9. The van der Waals surface area contributed by atoms with Crippen molar-refractivity contribution in [3.8, 4) is 5.75 Å². The minimum Gasteiger partial charge on any atom is -0.491 e. The smallest absolute Gasteiger partial charge is 0.348 e. The van der Waals surface area contributed by atoms with E-state index in [1.165, 1.54) is 19.9 Å². The predicted octanol–water partition coefficient (Wildman–Crippen LogP) is 2.19. The van der Waals surface area contributed by atoms with Crippen LogP contribution in [0.4, 0.5) is 0 Å². The molecule has 2 rings (SSSR count). The van der Waals surface area contributed by atoms with Crippen LogP contribution in [0.1, 0.15) is 38.8 Å². The van der Waals surface area contributed by atoms with Gasteiger partial charge in [-0.3, -0.25) is 0 Å². The molecule has 0 unspecified atom stereocenters. The largest absolute Gasteiger partial charge is 0.491 e. The molecule has 0 aliphatic carbocycles. The molecule has 1 aromatic carbocycles. The third-order valence-electron chi connectivity index (χ3n) is 3.05.